The van der Waals surface area contributed by atoms with E-state index in [1.807, 2.05) is 30.3 Å². The van der Waals surface area contributed by atoms with Crippen molar-refractivity contribution in [3.8, 4) is 0 Å². The van der Waals surface area contributed by atoms with Crippen LogP contribution in [0.25, 0.3) is 0 Å². The maximum Gasteiger partial charge on any atom is 0.252 e. The van der Waals surface area contributed by atoms with E-state index < -0.39 is 0 Å². The zero-order valence-electron chi connectivity index (χ0n) is 10.8. The molecule has 0 aliphatic heterocycles. The molecule has 1 aromatic carbocycles. The molecule has 0 aliphatic carbocycles. The van der Waals surface area contributed by atoms with Crippen LogP contribution in [0.4, 0.5) is 0 Å². The Bertz CT molecular complexity index is 575. The Balaban J connectivity index is 2.03. The number of benzene rings is 1. The summed E-state index contributed by atoms with van der Waals surface area (Å²) < 4.78 is 0.729. The first-order valence-electron chi connectivity index (χ1n) is 6.27. The van der Waals surface area contributed by atoms with E-state index in [-0.39, 0.29) is 18.6 Å². The maximum atomic E-state index is 12.2. The van der Waals surface area contributed by atoms with Gasteiger partial charge in [0.1, 0.15) is 0 Å². The molecule has 2 aromatic rings. The number of amides is 1. The molecule has 1 heterocycles. The summed E-state index contributed by atoms with van der Waals surface area (Å²) in [6, 6.07) is 12.4. The zero-order valence-corrected chi connectivity index (χ0v) is 12.4. The fourth-order valence-corrected chi connectivity index (χ4v) is 2.31. The second kappa shape index (κ2) is 7.17. The standard InChI is InChI=1S/C15H15BrN2O2/c16-14-7-2-1-6-13(14)15(20)18-12(10-19)9-11-5-3-4-8-17-11/h1-8,12,19H,9-10H2,(H,18,20)/t12-/m1/s1. The van der Waals surface area contributed by atoms with Crippen molar-refractivity contribution in [1.29, 1.82) is 0 Å². The van der Waals surface area contributed by atoms with E-state index in [1.54, 1.807) is 18.3 Å². The number of rotatable bonds is 5. The third-order valence-corrected chi connectivity index (χ3v) is 3.55. The Morgan fingerprint density at radius 1 is 1.25 bits per heavy atom. The van der Waals surface area contributed by atoms with Crippen molar-refractivity contribution in [3.63, 3.8) is 0 Å². The quantitative estimate of drug-likeness (QED) is 0.880. The lowest BCUT2D eigenvalue weighted by Crippen LogP contribution is -2.39. The summed E-state index contributed by atoms with van der Waals surface area (Å²) in [5, 5.41) is 12.2. The summed E-state index contributed by atoms with van der Waals surface area (Å²) >= 11 is 3.34. The lowest BCUT2D eigenvalue weighted by atomic mass is 10.1. The summed E-state index contributed by atoms with van der Waals surface area (Å²) in [4.78, 5) is 16.3. The van der Waals surface area contributed by atoms with Crippen molar-refractivity contribution < 1.29 is 9.90 Å². The van der Waals surface area contributed by atoms with Crippen LogP contribution < -0.4 is 5.32 Å². The molecule has 5 heteroatoms. The van der Waals surface area contributed by atoms with E-state index in [1.165, 1.54) is 0 Å². The number of carbonyl (C=O) groups is 1. The molecule has 0 radical (unpaired) electrons. The average molecular weight is 335 g/mol. The molecule has 1 aromatic heterocycles. The lowest BCUT2D eigenvalue weighted by Gasteiger charge is -2.16. The molecular formula is C15H15BrN2O2. The number of nitrogens with zero attached hydrogens (tertiary/aromatic N) is 1. The first kappa shape index (κ1) is 14.7. The van der Waals surface area contributed by atoms with Gasteiger partial charge in [-0.2, -0.15) is 0 Å². The van der Waals surface area contributed by atoms with Gasteiger partial charge in [0, 0.05) is 22.8 Å². The molecule has 4 nitrogen and oxygen atoms in total. The van der Waals surface area contributed by atoms with Crippen LogP contribution in [0.3, 0.4) is 0 Å². The van der Waals surface area contributed by atoms with Gasteiger partial charge in [-0.15, -0.1) is 0 Å². The smallest absolute Gasteiger partial charge is 0.252 e. The number of nitrogens with one attached hydrogen (secondary N) is 1. The summed E-state index contributed by atoms with van der Waals surface area (Å²) in [7, 11) is 0. The van der Waals surface area contributed by atoms with Gasteiger partial charge in [0.25, 0.3) is 5.91 Å². The van der Waals surface area contributed by atoms with E-state index >= 15 is 0 Å². The summed E-state index contributed by atoms with van der Waals surface area (Å²) in [6.07, 6.45) is 2.19. The Labute approximate surface area is 126 Å². The van der Waals surface area contributed by atoms with Crippen LogP contribution in [-0.2, 0) is 6.42 Å². The Morgan fingerprint density at radius 2 is 2.00 bits per heavy atom. The molecule has 20 heavy (non-hydrogen) atoms. The van der Waals surface area contributed by atoms with Crippen LogP contribution in [0.1, 0.15) is 16.1 Å². The number of halogens is 1. The maximum absolute atomic E-state index is 12.2. The van der Waals surface area contributed by atoms with Gasteiger partial charge in [0.15, 0.2) is 0 Å². The van der Waals surface area contributed by atoms with Crippen molar-refractivity contribution in [2.45, 2.75) is 12.5 Å². The lowest BCUT2D eigenvalue weighted by molar-refractivity contribution is 0.0915. The normalized spacial score (nSPS) is 11.9. The Hall–Kier alpha value is -1.72. The molecule has 104 valence electrons. The summed E-state index contributed by atoms with van der Waals surface area (Å²) in [5.41, 5.74) is 1.38. The zero-order chi connectivity index (χ0) is 14.4. The molecule has 0 spiro atoms. The second-order valence-corrected chi connectivity index (χ2v) is 5.21. The first-order chi connectivity index (χ1) is 9.70. The van der Waals surface area contributed by atoms with Crippen LogP contribution >= 0.6 is 15.9 Å². The molecular weight excluding hydrogens is 320 g/mol. The first-order valence-corrected chi connectivity index (χ1v) is 7.06. The minimum Gasteiger partial charge on any atom is -0.394 e. The third-order valence-electron chi connectivity index (χ3n) is 2.86. The van der Waals surface area contributed by atoms with Crippen molar-refractivity contribution in [2.75, 3.05) is 6.61 Å². The predicted molar refractivity (Wildman–Crippen MR) is 80.4 cm³/mol. The highest BCUT2D eigenvalue weighted by atomic mass is 79.9. The van der Waals surface area contributed by atoms with Crippen LogP contribution in [0.15, 0.2) is 53.1 Å². The van der Waals surface area contributed by atoms with Gasteiger partial charge in [-0.3, -0.25) is 9.78 Å². The monoisotopic (exact) mass is 334 g/mol. The molecule has 0 saturated carbocycles. The molecule has 0 bridgehead atoms. The van der Waals surface area contributed by atoms with Crippen LogP contribution in [-0.4, -0.2) is 28.6 Å². The molecule has 1 atom stereocenters. The third kappa shape index (κ3) is 3.88. The molecule has 0 unspecified atom stereocenters. The molecule has 0 saturated heterocycles. The van der Waals surface area contributed by atoms with Crippen molar-refractivity contribution >= 4 is 21.8 Å². The van der Waals surface area contributed by atoms with Crippen LogP contribution in [0.5, 0.6) is 0 Å². The van der Waals surface area contributed by atoms with Crippen LogP contribution in [0.2, 0.25) is 0 Å². The van der Waals surface area contributed by atoms with Gasteiger partial charge in [-0.05, 0) is 40.2 Å². The Kier molecular flexibility index (Phi) is 5.26. The largest absolute Gasteiger partial charge is 0.394 e. The van der Waals surface area contributed by atoms with Gasteiger partial charge < -0.3 is 10.4 Å². The minimum absolute atomic E-state index is 0.132. The highest BCUT2D eigenvalue weighted by molar-refractivity contribution is 9.10. The van der Waals surface area contributed by atoms with Crippen molar-refractivity contribution in [3.05, 3.63) is 64.4 Å². The second-order valence-electron chi connectivity index (χ2n) is 4.36. The topological polar surface area (TPSA) is 62.2 Å². The highest BCUT2D eigenvalue weighted by Gasteiger charge is 2.15. The Morgan fingerprint density at radius 3 is 2.65 bits per heavy atom. The fraction of sp³-hybridized carbons (Fsp3) is 0.200. The predicted octanol–water partition coefficient (Wildman–Crippen LogP) is 2.18. The van der Waals surface area contributed by atoms with Gasteiger partial charge >= 0.3 is 0 Å². The highest BCUT2D eigenvalue weighted by Crippen LogP contribution is 2.15. The van der Waals surface area contributed by atoms with Gasteiger partial charge in [-0.25, -0.2) is 0 Å². The van der Waals surface area contributed by atoms with Crippen molar-refractivity contribution in [1.82, 2.24) is 10.3 Å². The fourth-order valence-electron chi connectivity index (χ4n) is 1.84. The van der Waals surface area contributed by atoms with E-state index in [2.05, 4.69) is 26.2 Å². The van der Waals surface area contributed by atoms with E-state index in [9.17, 15) is 9.90 Å². The number of hydrogen-bond acceptors (Lipinski definition) is 3. The summed E-state index contributed by atoms with van der Waals surface area (Å²) in [6.45, 7) is -0.132. The van der Waals surface area contributed by atoms with E-state index in [4.69, 9.17) is 0 Å². The average Bonchev–Trinajstić information content (AvgIpc) is 2.48. The van der Waals surface area contributed by atoms with Gasteiger partial charge in [-0.1, -0.05) is 18.2 Å². The van der Waals surface area contributed by atoms with E-state index in [0.717, 1.165) is 10.2 Å². The number of hydrogen-bond donors (Lipinski definition) is 2. The molecule has 0 fully saturated rings. The number of pyridine rings is 1. The number of aliphatic hydroxyl groups excluding tert-OH is 1. The minimum atomic E-state index is -0.357. The van der Waals surface area contributed by atoms with E-state index in [0.29, 0.717) is 12.0 Å². The molecule has 0 aliphatic rings. The van der Waals surface area contributed by atoms with Gasteiger partial charge in [0.05, 0.1) is 18.2 Å². The van der Waals surface area contributed by atoms with Crippen molar-refractivity contribution in [2.24, 2.45) is 0 Å². The molecule has 1 amide bonds. The van der Waals surface area contributed by atoms with Crippen LogP contribution in [0, 0.1) is 0 Å². The SMILES string of the molecule is O=C(N[C@@H](CO)Cc1ccccn1)c1ccccc1Br. The molecule has 2 rings (SSSR count). The summed E-state index contributed by atoms with van der Waals surface area (Å²) in [5.74, 6) is -0.215. The number of aromatic nitrogens is 1. The number of carbonyl (C=O) groups excluding carboxylic acids is 1. The molecule has 2 N–H and O–H groups in total. The number of aliphatic hydroxyl groups is 1. The van der Waals surface area contributed by atoms with Gasteiger partial charge in [0.2, 0.25) is 0 Å².